The molecule has 0 atom stereocenters. The van der Waals surface area contributed by atoms with Gasteiger partial charge < -0.3 is 5.32 Å². The summed E-state index contributed by atoms with van der Waals surface area (Å²) in [6.45, 7) is 6.14. The molecule has 0 saturated heterocycles. The Morgan fingerprint density at radius 2 is 2.10 bits per heavy atom. The Morgan fingerprint density at radius 1 is 1.31 bits per heavy atom. The number of rotatable bonds is 5. The van der Waals surface area contributed by atoms with Gasteiger partial charge in [-0.15, -0.1) is 10.2 Å². The molecular weight excluding hydrogens is 389 g/mol. The molecule has 148 valence electrons. The van der Waals surface area contributed by atoms with E-state index in [-0.39, 0.29) is 12.0 Å². The number of amides is 1. The van der Waals surface area contributed by atoms with Gasteiger partial charge in [0, 0.05) is 27.5 Å². The first-order chi connectivity index (χ1) is 13.8. The number of fused-ring (bicyclic) bond motifs is 1. The number of nitriles is 1. The fraction of sp³-hybridized carbons (Fsp3) is 0.238. The van der Waals surface area contributed by atoms with Gasteiger partial charge in [0.1, 0.15) is 18.2 Å². The van der Waals surface area contributed by atoms with E-state index < -0.39 is 11.7 Å². The number of nitrogens with one attached hydrogen (secondary N) is 1. The number of hydrogen-bond acceptors (Lipinski definition) is 5. The van der Waals surface area contributed by atoms with Crippen molar-refractivity contribution in [3.63, 3.8) is 0 Å². The Bertz CT molecular complexity index is 1120. The third-order valence-corrected chi connectivity index (χ3v) is 5.07. The molecule has 0 aliphatic rings. The molecule has 0 aliphatic heterocycles. The Kier molecular flexibility index (Phi) is 5.99. The molecule has 0 unspecified atom stereocenters. The van der Waals surface area contributed by atoms with E-state index >= 15 is 0 Å². The molecule has 6 nitrogen and oxygen atoms in total. The van der Waals surface area contributed by atoms with Crippen LogP contribution in [0.15, 0.2) is 52.4 Å². The van der Waals surface area contributed by atoms with Gasteiger partial charge >= 0.3 is 0 Å². The molecule has 1 aromatic carbocycles. The van der Waals surface area contributed by atoms with Crippen molar-refractivity contribution in [1.82, 2.24) is 19.9 Å². The highest BCUT2D eigenvalue weighted by Gasteiger charge is 2.21. The van der Waals surface area contributed by atoms with Crippen LogP contribution in [-0.4, -0.2) is 27.0 Å². The van der Waals surface area contributed by atoms with Crippen LogP contribution < -0.4 is 5.32 Å². The van der Waals surface area contributed by atoms with Gasteiger partial charge in [-0.3, -0.25) is 9.20 Å². The highest BCUT2D eigenvalue weighted by Crippen LogP contribution is 2.32. The van der Waals surface area contributed by atoms with Gasteiger partial charge in [0.25, 0.3) is 0 Å². The van der Waals surface area contributed by atoms with Crippen molar-refractivity contribution < 1.29 is 9.18 Å². The lowest BCUT2D eigenvalue weighted by Crippen LogP contribution is -2.20. The lowest BCUT2D eigenvalue weighted by atomic mass is 9.96. The molecule has 2 aromatic heterocycles. The largest absolute Gasteiger partial charge is 0.339 e. The Balaban J connectivity index is 1.91. The van der Waals surface area contributed by atoms with E-state index in [1.165, 1.54) is 36.0 Å². The van der Waals surface area contributed by atoms with E-state index in [0.29, 0.717) is 5.56 Å². The van der Waals surface area contributed by atoms with Crippen molar-refractivity contribution in [2.24, 2.45) is 0 Å². The summed E-state index contributed by atoms with van der Waals surface area (Å²) in [5.41, 5.74) is 1.16. The number of aromatic nitrogens is 3. The van der Waals surface area contributed by atoms with Gasteiger partial charge in [0.15, 0.2) is 5.65 Å². The summed E-state index contributed by atoms with van der Waals surface area (Å²) in [5.74, 6) is 0.0477. The topological polar surface area (TPSA) is 83.1 Å². The molecule has 1 N–H and O–H groups in total. The van der Waals surface area contributed by atoms with Gasteiger partial charge in [-0.05, 0) is 42.0 Å². The average molecular weight is 409 g/mol. The molecule has 0 aliphatic carbocycles. The first kappa shape index (κ1) is 20.6. The minimum atomic E-state index is -0.410. The molecule has 2 heterocycles. The molecule has 0 saturated carbocycles. The summed E-state index contributed by atoms with van der Waals surface area (Å²) in [5, 5.41) is 19.4. The van der Waals surface area contributed by atoms with Crippen molar-refractivity contribution in [3.8, 4) is 6.07 Å². The third-order valence-electron chi connectivity index (χ3n) is 4.00. The van der Waals surface area contributed by atoms with Crippen LogP contribution in [0, 0.1) is 17.1 Å². The molecule has 1 amide bonds. The van der Waals surface area contributed by atoms with Crippen LogP contribution in [0.4, 0.5) is 4.39 Å². The summed E-state index contributed by atoms with van der Waals surface area (Å²) in [6, 6.07) is 10.1. The standard InChI is InChI=1S/C21H20FN5OS/c1-21(2,3)20-26-25-18-8-6-16(13-27(18)20)29-17-7-5-15(22)12-14(17)4-9-19(28)24-11-10-23/h4-9,12-13H,11H2,1-3H3,(H,24,28)/b9-4+. The van der Waals surface area contributed by atoms with Gasteiger partial charge in [-0.2, -0.15) is 5.26 Å². The zero-order valence-electron chi connectivity index (χ0n) is 16.3. The lowest BCUT2D eigenvalue weighted by molar-refractivity contribution is -0.116. The highest BCUT2D eigenvalue weighted by atomic mass is 32.2. The van der Waals surface area contributed by atoms with Crippen LogP contribution in [0.5, 0.6) is 0 Å². The zero-order chi connectivity index (χ0) is 21.0. The quantitative estimate of drug-likeness (QED) is 0.509. The predicted octanol–water partition coefficient (Wildman–Crippen LogP) is 3.97. The third kappa shape index (κ3) is 5.00. The molecule has 0 bridgehead atoms. The smallest absolute Gasteiger partial charge is 0.244 e. The van der Waals surface area contributed by atoms with Gasteiger partial charge in [-0.1, -0.05) is 32.5 Å². The van der Waals surface area contributed by atoms with E-state index in [4.69, 9.17) is 5.26 Å². The second kappa shape index (κ2) is 8.45. The Hall–Kier alpha value is -3.18. The van der Waals surface area contributed by atoms with Gasteiger partial charge in [0.05, 0.1) is 6.07 Å². The second-order valence-corrected chi connectivity index (χ2v) is 8.48. The van der Waals surface area contributed by atoms with Crippen LogP contribution in [0.25, 0.3) is 11.7 Å². The van der Waals surface area contributed by atoms with Crippen molar-refractivity contribution >= 4 is 29.4 Å². The van der Waals surface area contributed by atoms with E-state index in [9.17, 15) is 9.18 Å². The summed E-state index contributed by atoms with van der Waals surface area (Å²) in [6.07, 6.45) is 4.78. The van der Waals surface area contributed by atoms with Crippen molar-refractivity contribution in [3.05, 3.63) is 59.8 Å². The fourth-order valence-corrected chi connectivity index (χ4v) is 3.59. The predicted molar refractivity (Wildman–Crippen MR) is 110 cm³/mol. The molecule has 3 rings (SSSR count). The Morgan fingerprint density at radius 3 is 2.83 bits per heavy atom. The fourth-order valence-electron chi connectivity index (χ4n) is 2.66. The summed E-state index contributed by atoms with van der Waals surface area (Å²) >= 11 is 1.45. The van der Waals surface area contributed by atoms with E-state index in [0.717, 1.165) is 21.3 Å². The number of benzene rings is 1. The SMILES string of the molecule is CC(C)(C)c1nnc2ccc(Sc3ccc(F)cc3/C=C/C(=O)NCC#N)cn12. The minimum Gasteiger partial charge on any atom is -0.339 e. The molecule has 0 fully saturated rings. The molecule has 0 radical (unpaired) electrons. The molecule has 3 aromatic rings. The van der Waals surface area contributed by atoms with Crippen LogP contribution in [0.2, 0.25) is 0 Å². The van der Waals surface area contributed by atoms with E-state index in [1.54, 1.807) is 6.07 Å². The number of nitrogens with zero attached hydrogens (tertiary/aromatic N) is 4. The van der Waals surface area contributed by atoms with Gasteiger partial charge in [0.2, 0.25) is 5.91 Å². The molecular formula is C21H20FN5OS. The van der Waals surface area contributed by atoms with E-state index in [2.05, 4.69) is 36.3 Å². The van der Waals surface area contributed by atoms with Crippen molar-refractivity contribution in [2.75, 3.05) is 6.54 Å². The number of pyridine rings is 1. The zero-order valence-corrected chi connectivity index (χ0v) is 17.1. The number of carbonyl (C=O) groups is 1. The van der Waals surface area contributed by atoms with Gasteiger partial charge in [-0.25, -0.2) is 4.39 Å². The number of carbonyl (C=O) groups excluding carboxylic acids is 1. The number of hydrogen-bond donors (Lipinski definition) is 1. The normalized spacial score (nSPS) is 11.7. The monoisotopic (exact) mass is 409 g/mol. The average Bonchev–Trinajstić information content (AvgIpc) is 3.10. The maximum Gasteiger partial charge on any atom is 0.244 e. The first-order valence-corrected chi connectivity index (χ1v) is 9.75. The van der Waals surface area contributed by atoms with Crippen LogP contribution in [0.3, 0.4) is 0 Å². The molecule has 8 heteroatoms. The summed E-state index contributed by atoms with van der Waals surface area (Å²) in [4.78, 5) is 13.4. The maximum absolute atomic E-state index is 13.8. The van der Waals surface area contributed by atoms with Crippen LogP contribution >= 0.6 is 11.8 Å². The summed E-state index contributed by atoms with van der Waals surface area (Å²) < 4.78 is 15.7. The van der Waals surface area contributed by atoms with Crippen molar-refractivity contribution in [2.45, 2.75) is 36.0 Å². The van der Waals surface area contributed by atoms with Crippen LogP contribution in [0.1, 0.15) is 32.2 Å². The molecule has 0 spiro atoms. The Labute approximate surface area is 172 Å². The number of halogens is 1. The minimum absolute atomic E-state index is 0.0804. The second-order valence-electron chi connectivity index (χ2n) is 7.36. The lowest BCUT2D eigenvalue weighted by Gasteiger charge is -2.16. The molecule has 29 heavy (non-hydrogen) atoms. The van der Waals surface area contributed by atoms with Crippen molar-refractivity contribution in [1.29, 1.82) is 5.26 Å². The first-order valence-electron chi connectivity index (χ1n) is 8.93. The maximum atomic E-state index is 13.8. The van der Waals surface area contributed by atoms with E-state index in [1.807, 2.05) is 28.8 Å². The summed E-state index contributed by atoms with van der Waals surface area (Å²) in [7, 11) is 0. The van der Waals surface area contributed by atoms with Crippen LogP contribution in [-0.2, 0) is 10.2 Å². The highest BCUT2D eigenvalue weighted by molar-refractivity contribution is 7.99.